The number of aromatic nitrogens is 2. The van der Waals surface area contributed by atoms with E-state index in [-0.39, 0.29) is 11.5 Å². The van der Waals surface area contributed by atoms with Crippen LogP contribution in [0.2, 0.25) is 0 Å². The standard InChI is InChI=1S/C26H26N4O3S/c1-18-27-22-16-24(29-9-11-33-12-10-29)23(28-25(31)14-20-8-5-13-34-20)15-21(22)26(32)30(18)17-19-6-3-2-4-7-19/h2-8,13,15-16H,9-12,14,17H2,1H3,(H,28,31). The maximum absolute atomic E-state index is 13.5. The number of fused-ring (bicyclic) bond motifs is 1. The van der Waals surface area contributed by atoms with Gasteiger partial charge in [0.05, 0.1) is 48.5 Å². The molecule has 3 heterocycles. The van der Waals surface area contributed by atoms with E-state index < -0.39 is 0 Å². The molecular formula is C26H26N4O3S. The Morgan fingerprint density at radius 3 is 2.65 bits per heavy atom. The summed E-state index contributed by atoms with van der Waals surface area (Å²) in [6, 6.07) is 17.4. The fourth-order valence-electron chi connectivity index (χ4n) is 4.25. The van der Waals surface area contributed by atoms with Crippen molar-refractivity contribution in [2.24, 2.45) is 0 Å². The van der Waals surface area contributed by atoms with Gasteiger partial charge in [0, 0.05) is 18.0 Å². The number of anilines is 2. The molecule has 4 aromatic rings. The number of morpholine rings is 1. The van der Waals surface area contributed by atoms with Crippen molar-refractivity contribution in [1.29, 1.82) is 0 Å². The molecule has 2 aromatic heterocycles. The average molecular weight is 475 g/mol. The Morgan fingerprint density at radius 2 is 1.91 bits per heavy atom. The molecule has 2 aromatic carbocycles. The Kier molecular flexibility index (Phi) is 6.42. The molecular weight excluding hydrogens is 448 g/mol. The second-order valence-electron chi connectivity index (χ2n) is 8.33. The van der Waals surface area contributed by atoms with Crippen molar-refractivity contribution in [2.75, 3.05) is 36.5 Å². The van der Waals surface area contributed by atoms with Gasteiger partial charge in [0.25, 0.3) is 5.56 Å². The Labute approximate surface area is 201 Å². The van der Waals surface area contributed by atoms with Gasteiger partial charge in [-0.1, -0.05) is 36.4 Å². The summed E-state index contributed by atoms with van der Waals surface area (Å²) in [5.41, 5.74) is 3.04. The van der Waals surface area contributed by atoms with Crippen LogP contribution in [0.5, 0.6) is 0 Å². The zero-order chi connectivity index (χ0) is 23.5. The molecule has 0 aliphatic carbocycles. The van der Waals surface area contributed by atoms with Gasteiger partial charge in [-0.3, -0.25) is 14.2 Å². The third-order valence-corrected chi connectivity index (χ3v) is 6.86. The highest BCUT2D eigenvalue weighted by molar-refractivity contribution is 7.10. The Balaban J connectivity index is 1.56. The molecule has 1 aliphatic rings. The van der Waals surface area contributed by atoms with Gasteiger partial charge in [0.1, 0.15) is 5.82 Å². The van der Waals surface area contributed by atoms with Gasteiger partial charge < -0.3 is 15.0 Å². The van der Waals surface area contributed by atoms with Gasteiger partial charge in [-0.25, -0.2) is 4.98 Å². The first-order chi connectivity index (χ1) is 16.6. The number of thiophene rings is 1. The number of ether oxygens (including phenoxy) is 1. The molecule has 0 radical (unpaired) electrons. The van der Waals surface area contributed by atoms with Crippen LogP contribution in [0, 0.1) is 6.92 Å². The minimum absolute atomic E-state index is 0.110. The second-order valence-corrected chi connectivity index (χ2v) is 9.36. The van der Waals surface area contributed by atoms with E-state index in [1.165, 1.54) is 0 Å². The van der Waals surface area contributed by atoms with Gasteiger partial charge in [-0.15, -0.1) is 11.3 Å². The second kappa shape index (κ2) is 9.79. The number of hydrogen-bond acceptors (Lipinski definition) is 6. The Bertz CT molecular complexity index is 1360. The number of carbonyl (C=O) groups is 1. The van der Waals surface area contributed by atoms with Gasteiger partial charge in [-0.2, -0.15) is 0 Å². The highest BCUT2D eigenvalue weighted by Crippen LogP contribution is 2.31. The van der Waals surface area contributed by atoms with E-state index >= 15 is 0 Å². The molecule has 0 unspecified atom stereocenters. The monoisotopic (exact) mass is 474 g/mol. The van der Waals surface area contributed by atoms with Crippen LogP contribution < -0.4 is 15.8 Å². The van der Waals surface area contributed by atoms with Crippen LogP contribution in [0.3, 0.4) is 0 Å². The number of nitrogens with one attached hydrogen (secondary N) is 1. The lowest BCUT2D eigenvalue weighted by molar-refractivity contribution is -0.115. The maximum atomic E-state index is 13.5. The van der Waals surface area contributed by atoms with Crippen LogP contribution in [0.25, 0.3) is 10.9 Å². The van der Waals surface area contributed by atoms with E-state index in [1.807, 2.05) is 60.8 Å². The van der Waals surface area contributed by atoms with Crippen LogP contribution in [0.15, 0.2) is 64.8 Å². The maximum Gasteiger partial charge on any atom is 0.261 e. The van der Waals surface area contributed by atoms with E-state index in [1.54, 1.807) is 22.0 Å². The summed E-state index contributed by atoms with van der Waals surface area (Å²) < 4.78 is 7.20. The van der Waals surface area contributed by atoms with Crippen molar-refractivity contribution in [3.63, 3.8) is 0 Å². The number of amides is 1. The minimum Gasteiger partial charge on any atom is -0.378 e. The molecule has 1 amide bonds. The van der Waals surface area contributed by atoms with Crippen molar-refractivity contribution in [3.05, 3.63) is 86.6 Å². The van der Waals surface area contributed by atoms with Crippen LogP contribution in [0.4, 0.5) is 11.4 Å². The van der Waals surface area contributed by atoms with Crippen molar-refractivity contribution in [2.45, 2.75) is 19.9 Å². The molecule has 1 fully saturated rings. The van der Waals surface area contributed by atoms with Crippen LogP contribution in [-0.2, 0) is 22.5 Å². The SMILES string of the molecule is Cc1nc2cc(N3CCOCC3)c(NC(=O)Cc3cccs3)cc2c(=O)n1Cc1ccccc1. The first-order valence-corrected chi connectivity index (χ1v) is 12.2. The molecule has 8 heteroatoms. The largest absolute Gasteiger partial charge is 0.378 e. The molecule has 1 saturated heterocycles. The van der Waals surface area contributed by atoms with Crippen molar-refractivity contribution >= 4 is 39.5 Å². The molecule has 0 bridgehead atoms. The highest BCUT2D eigenvalue weighted by Gasteiger charge is 2.20. The molecule has 7 nitrogen and oxygen atoms in total. The predicted molar refractivity (Wildman–Crippen MR) is 136 cm³/mol. The zero-order valence-corrected chi connectivity index (χ0v) is 19.8. The number of nitrogens with zero attached hydrogens (tertiary/aromatic N) is 3. The quantitative estimate of drug-likeness (QED) is 0.460. The molecule has 34 heavy (non-hydrogen) atoms. The summed E-state index contributed by atoms with van der Waals surface area (Å²) in [6.07, 6.45) is 0.294. The third-order valence-electron chi connectivity index (χ3n) is 5.99. The summed E-state index contributed by atoms with van der Waals surface area (Å²) in [6.45, 7) is 4.96. The van der Waals surface area contributed by atoms with E-state index in [0.717, 1.165) is 16.1 Å². The van der Waals surface area contributed by atoms with Gasteiger partial charge >= 0.3 is 0 Å². The van der Waals surface area contributed by atoms with Gasteiger partial charge in [0.2, 0.25) is 5.91 Å². The van der Waals surface area contributed by atoms with E-state index in [4.69, 9.17) is 9.72 Å². The summed E-state index contributed by atoms with van der Waals surface area (Å²) in [5, 5.41) is 5.51. The zero-order valence-electron chi connectivity index (χ0n) is 19.0. The smallest absolute Gasteiger partial charge is 0.261 e. The molecule has 1 N–H and O–H groups in total. The molecule has 174 valence electrons. The molecule has 1 aliphatic heterocycles. The summed E-state index contributed by atoms with van der Waals surface area (Å²) in [5.74, 6) is 0.546. The number of carbonyl (C=O) groups excluding carboxylic acids is 1. The van der Waals surface area contributed by atoms with Crippen molar-refractivity contribution in [1.82, 2.24) is 9.55 Å². The van der Waals surface area contributed by atoms with Gasteiger partial charge in [-0.05, 0) is 36.1 Å². The molecule has 5 rings (SSSR count). The van der Waals surface area contributed by atoms with Gasteiger partial charge in [0.15, 0.2) is 0 Å². The van der Waals surface area contributed by atoms with E-state index in [9.17, 15) is 9.59 Å². The fourth-order valence-corrected chi connectivity index (χ4v) is 4.96. The third kappa shape index (κ3) is 4.73. The summed E-state index contributed by atoms with van der Waals surface area (Å²) in [7, 11) is 0. The fraction of sp³-hybridized carbons (Fsp3) is 0.269. The lowest BCUT2D eigenvalue weighted by atomic mass is 10.1. The number of aryl methyl sites for hydroxylation is 1. The minimum atomic E-state index is -0.117. The topological polar surface area (TPSA) is 76.5 Å². The first kappa shape index (κ1) is 22.3. The van der Waals surface area contributed by atoms with Crippen molar-refractivity contribution in [3.8, 4) is 0 Å². The van der Waals surface area contributed by atoms with Crippen LogP contribution >= 0.6 is 11.3 Å². The first-order valence-electron chi connectivity index (χ1n) is 11.3. The highest BCUT2D eigenvalue weighted by atomic mass is 32.1. The molecule has 0 atom stereocenters. The number of hydrogen-bond donors (Lipinski definition) is 1. The van der Waals surface area contributed by atoms with Crippen LogP contribution in [-0.4, -0.2) is 41.8 Å². The summed E-state index contributed by atoms with van der Waals surface area (Å²) >= 11 is 1.55. The van der Waals surface area contributed by atoms with E-state index in [2.05, 4.69) is 10.2 Å². The Morgan fingerprint density at radius 1 is 1.12 bits per heavy atom. The van der Waals surface area contributed by atoms with Crippen LogP contribution in [0.1, 0.15) is 16.3 Å². The number of rotatable bonds is 6. The lowest BCUT2D eigenvalue weighted by Gasteiger charge is -2.31. The lowest BCUT2D eigenvalue weighted by Crippen LogP contribution is -2.37. The van der Waals surface area contributed by atoms with E-state index in [0.29, 0.717) is 61.7 Å². The molecule has 0 saturated carbocycles. The average Bonchev–Trinajstić information content (AvgIpc) is 3.36. The van der Waals surface area contributed by atoms with Crippen molar-refractivity contribution < 1.29 is 9.53 Å². The normalized spacial score (nSPS) is 13.9. The Hall–Kier alpha value is -3.49. The summed E-state index contributed by atoms with van der Waals surface area (Å²) in [4.78, 5) is 34.3. The molecule has 0 spiro atoms. The predicted octanol–water partition coefficient (Wildman–Crippen LogP) is 3.83. The number of benzene rings is 2.